The summed E-state index contributed by atoms with van der Waals surface area (Å²) < 4.78 is 0. The van der Waals surface area contributed by atoms with E-state index in [0.717, 1.165) is 39.0 Å². The number of piperazine rings is 1. The maximum atomic E-state index is 11.2. The average Bonchev–Trinajstić information content (AvgIpc) is 2.52. The second-order valence-electron chi connectivity index (χ2n) is 4.11. The van der Waals surface area contributed by atoms with Crippen molar-refractivity contribution in [2.45, 2.75) is 54.4 Å². The maximum absolute atomic E-state index is 11.2. The molecule has 118 valence electrons. The molecule has 0 aromatic heterocycles. The minimum Gasteiger partial charge on any atom is -0.368 e. The molecule has 1 heterocycles. The summed E-state index contributed by atoms with van der Waals surface area (Å²) in [5.74, 6) is 0.178. The molecule has 1 saturated heterocycles. The lowest BCUT2D eigenvalue weighted by Gasteiger charge is -2.36. The van der Waals surface area contributed by atoms with E-state index >= 15 is 0 Å². The van der Waals surface area contributed by atoms with Gasteiger partial charge in [0, 0.05) is 38.8 Å². The topological polar surface area (TPSA) is 23.6 Å². The van der Waals surface area contributed by atoms with Crippen molar-refractivity contribution >= 4 is 5.91 Å². The zero-order chi connectivity index (χ0) is 16.0. The fourth-order valence-electron chi connectivity index (χ4n) is 1.91. The summed E-state index contributed by atoms with van der Waals surface area (Å²) in [6, 6.07) is 0. The summed E-state index contributed by atoms with van der Waals surface area (Å²) in [7, 11) is 0. The highest BCUT2D eigenvalue weighted by Gasteiger charge is 2.18. The molecule has 3 nitrogen and oxygen atoms in total. The Morgan fingerprint density at radius 3 is 1.85 bits per heavy atom. The molecule has 20 heavy (non-hydrogen) atoms. The van der Waals surface area contributed by atoms with E-state index < -0.39 is 0 Å². The van der Waals surface area contributed by atoms with Crippen LogP contribution in [0, 0.1) is 0 Å². The molecule has 3 heteroatoms. The Morgan fingerprint density at radius 2 is 1.50 bits per heavy atom. The molecule has 0 radical (unpaired) electrons. The molecule has 0 aromatic rings. The van der Waals surface area contributed by atoms with E-state index in [0.29, 0.717) is 0 Å². The highest BCUT2D eigenvalue weighted by atomic mass is 16.2. The number of allylic oxidation sites excluding steroid dienone is 2. The average molecular weight is 282 g/mol. The molecule has 0 saturated carbocycles. The molecule has 0 aliphatic carbocycles. The van der Waals surface area contributed by atoms with E-state index in [2.05, 4.69) is 24.5 Å². The minimum absolute atomic E-state index is 0.178. The molecule has 0 atom stereocenters. The summed E-state index contributed by atoms with van der Waals surface area (Å²) in [5.41, 5.74) is 1.21. The molecule has 1 amide bonds. The van der Waals surface area contributed by atoms with Gasteiger partial charge in [-0.3, -0.25) is 4.79 Å². The van der Waals surface area contributed by atoms with Crippen molar-refractivity contribution in [3.8, 4) is 0 Å². The fourth-order valence-corrected chi connectivity index (χ4v) is 1.91. The number of carbonyl (C=O) groups excluding carboxylic acids is 1. The Labute approximate surface area is 126 Å². The number of hydrogen-bond donors (Lipinski definition) is 0. The quantitative estimate of drug-likeness (QED) is 0.726. The van der Waals surface area contributed by atoms with Crippen LogP contribution in [0.25, 0.3) is 0 Å². The van der Waals surface area contributed by atoms with E-state index in [4.69, 9.17) is 0 Å². The van der Waals surface area contributed by atoms with Crippen LogP contribution in [0.15, 0.2) is 24.4 Å². The smallest absolute Gasteiger partial charge is 0.219 e. The van der Waals surface area contributed by atoms with Crippen LogP contribution in [-0.4, -0.2) is 41.9 Å². The zero-order valence-corrected chi connectivity index (χ0v) is 14.4. The molecule has 1 aliphatic heterocycles. The number of unbranched alkanes of at least 4 members (excludes halogenated alkanes) is 1. The lowest BCUT2D eigenvalue weighted by atomic mass is 10.2. The third kappa shape index (κ3) is 8.03. The molecule has 0 N–H and O–H groups in total. The van der Waals surface area contributed by atoms with Crippen LogP contribution in [0.1, 0.15) is 54.4 Å². The molecular weight excluding hydrogens is 248 g/mol. The molecule has 0 aromatic carbocycles. The third-order valence-corrected chi connectivity index (χ3v) is 2.94. The van der Waals surface area contributed by atoms with Crippen LogP contribution in [0.3, 0.4) is 0 Å². The van der Waals surface area contributed by atoms with Crippen molar-refractivity contribution in [3.05, 3.63) is 24.4 Å². The number of nitrogens with zero attached hydrogens (tertiary/aromatic N) is 2. The monoisotopic (exact) mass is 282 g/mol. The fraction of sp³-hybridized carbons (Fsp3) is 0.706. The van der Waals surface area contributed by atoms with Crippen LogP contribution in [-0.2, 0) is 4.79 Å². The van der Waals surface area contributed by atoms with Crippen molar-refractivity contribution in [1.82, 2.24) is 9.80 Å². The SMILES string of the molecule is C=C/C(=C\CCC)N1CCN(C(C)=O)CC1.CC.CC. The first-order chi connectivity index (χ1) is 9.69. The second kappa shape index (κ2) is 14.2. The molecule has 1 aliphatic rings. The Morgan fingerprint density at radius 1 is 1.05 bits per heavy atom. The van der Waals surface area contributed by atoms with E-state index in [9.17, 15) is 4.79 Å². The predicted molar refractivity (Wildman–Crippen MR) is 89.7 cm³/mol. The molecule has 0 spiro atoms. The number of amides is 1. The lowest BCUT2D eigenvalue weighted by Crippen LogP contribution is -2.47. The van der Waals surface area contributed by atoms with E-state index in [-0.39, 0.29) is 5.91 Å². The largest absolute Gasteiger partial charge is 0.368 e. The zero-order valence-electron chi connectivity index (χ0n) is 14.4. The van der Waals surface area contributed by atoms with Crippen molar-refractivity contribution in [3.63, 3.8) is 0 Å². The summed E-state index contributed by atoms with van der Waals surface area (Å²) in [6.07, 6.45) is 6.40. The lowest BCUT2D eigenvalue weighted by molar-refractivity contribution is -0.130. The standard InChI is InChI=1S/C13H22N2O.2C2H6/c1-4-6-7-13(5-2)15-10-8-14(9-11-15)12(3)16;2*1-2/h5,7H,2,4,6,8-11H2,1,3H3;2*1-2H3/b13-7+;;. The first-order valence-corrected chi connectivity index (χ1v) is 8.02. The van der Waals surface area contributed by atoms with Gasteiger partial charge >= 0.3 is 0 Å². The number of rotatable bonds is 4. The van der Waals surface area contributed by atoms with Crippen LogP contribution in [0.5, 0.6) is 0 Å². The van der Waals surface area contributed by atoms with Gasteiger partial charge in [0.25, 0.3) is 0 Å². The maximum Gasteiger partial charge on any atom is 0.219 e. The first kappa shape index (κ1) is 21.1. The highest BCUT2D eigenvalue weighted by Crippen LogP contribution is 2.11. The van der Waals surface area contributed by atoms with E-state index in [1.54, 1.807) is 6.92 Å². The van der Waals surface area contributed by atoms with Gasteiger partial charge in [0.15, 0.2) is 0 Å². The van der Waals surface area contributed by atoms with Crippen LogP contribution in [0.2, 0.25) is 0 Å². The van der Waals surface area contributed by atoms with Gasteiger partial charge in [-0.15, -0.1) is 0 Å². The number of hydrogen-bond acceptors (Lipinski definition) is 2. The second-order valence-corrected chi connectivity index (χ2v) is 4.11. The Hall–Kier alpha value is -1.25. The summed E-state index contributed by atoms with van der Waals surface area (Å²) in [5, 5.41) is 0. The van der Waals surface area contributed by atoms with Crippen molar-refractivity contribution in [2.24, 2.45) is 0 Å². The Balaban J connectivity index is 0. The Bertz CT molecular complexity index is 277. The molecule has 1 rings (SSSR count). The predicted octanol–water partition coefficient (Wildman–Crippen LogP) is 4.07. The normalized spacial score (nSPS) is 14.6. The van der Waals surface area contributed by atoms with Gasteiger partial charge in [0.05, 0.1) is 0 Å². The Kier molecular flexibility index (Phi) is 14.9. The van der Waals surface area contributed by atoms with Gasteiger partial charge in [-0.2, -0.15) is 0 Å². The van der Waals surface area contributed by atoms with Gasteiger partial charge in [0.1, 0.15) is 0 Å². The van der Waals surface area contributed by atoms with Gasteiger partial charge in [-0.25, -0.2) is 0 Å². The van der Waals surface area contributed by atoms with Crippen LogP contribution >= 0.6 is 0 Å². The van der Waals surface area contributed by atoms with Gasteiger partial charge in [-0.1, -0.05) is 53.7 Å². The molecular formula is C17H34N2O. The molecule has 0 bridgehead atoms. The van der Waals surface area contributed by atoms with E-state index in [1.165, 1.54) is 5.70 Å². The minimum atomic E-state index is 0.178. The van der Waals surface area contributed by atoms with Crippen molar-refractivity contribution in [1.29, 1.82) is 0 Å². The highest BCUT2D eigenvalue weighted by molar-refractivity contribution is 5.73. The first-order valence-electron chi connectivity index (χ1n) is 8.02. The van der Waals surface area contributed by atoms with Gasteiger partial charge < -0.3 is 9.80 Å². The summed E-state index contributed by atoms with van der Waals surface area (Å²) >= 11 is 0. The van der Waals surface area contributed by atoms with Crippen molar-refractivity contribution < 1.29 is 4.79 Å². The number of carbonyl (C=O) groups is 1. The van der Waals surface area contributed by atoms with Gasteiger partial charge in [0.2, 0.25) is 5.91 Å². The third-order valence-electron chi connectivity index (χ3n) is 2.94. The van der Waals surface area contributed by atoms with Gasteiger partial charge in [-0.05, 0) is 12.5 Å². The van der Waals surface area contributed by atoms with Crippen LogP contribution < -0.4 is 0 Å². The molecule has 0 unspecified atom stereocenters. The summed E-state index contributed by atoms with van der Waals surface area (Å²) in [6.45, 7) is 19.1. The van der Waals surface area contributed by atoms with Crippen LogP contribution in [0.4, 0.5) is 0 Å². The van der Waals surface area contributed by atoms with Crippen molar-refractivity contribution in [2.75, 3.05) is 26.2 Å². The molecule has 1 fully saturated rings. The summed E-state index contributed by atoms with van der Waals surface area (Å²) in [4.78, 5) is 15.4. The van der Waals surface area contributed by atoms with E-state index in [1.807, 2.05) is 38.7 Å².